The first-order valence-corrected chi connectivity index (χ1v) is 6.13. The van der Waals surface area contributed by atoms with E-state index in [2.05, 4.69) is 12.1 Å². The maximum Gasteiger partial charge on any atom is 0.154 e. The fourth-order valence-electron chi connectivity index (χ4n) is 3.66. The fourth-order valence-corrected chi connectivity index (χ4v) is 3.66. The van der Waals surface area contributed by atoms with Gasteiger partial charge in [0.1, 0.15) is 5.78 Å². The van der Waals surface area contributed by atoms with Crippen molar-refractivity contribution in [2.24, 2.45) is 17.3 Å². The van der Waals surface area contributed by atoms with Gasteiger partial charge in [-0.1, -0.05) is 30.3 Å². The van der Waals surface area contributed by atoms with Crippen LogP contribution >= 0.6 is 0 Å². The second-order valence-corrected chi connectivity index (χ2v) is 5.19. The van der Waals surface area contributed by atoms with E-state index >= 15 is 0 Å². The summed E-state index contributed by atoms with van der Waals surface area (Å²) in [5.41, 5.74) is -0.0684. The highest BCUT2D eigenvalue weighted by Crippen LogP contribution is 2.61. The van der Waals surface area contributed by atoms with Crippen LogP contribution in [0, 0.1) is 39.9 Å². The highest BCUT2D eigenvalue weighted by Gasteiger charge is 2.63. The van der Waals surface area contributed by atoms with Gasteiger partial charge in [-0.15, -0.1) is 0 Å². The summed E-state index contributed by atoms with van der Waals surface area (Å²) in [6.07, 6.45) is 1.09. The van der Waals surface area contributed by atoms with E-state index in [1.165, 1.54) is 0 Å². The summed E-state index contributed by atoms with van der Waals surface area (Å²) in [4.78, 5) is 11.9. The Balaban J connectivity index is 2.14. The molecule has 0 amide bonds. The molecule has 0 N–H and O–H groups in total. The molecule has 1 aromatic rings. The third-order valence-electron chi connectivity index (χ3n) is 4.47. The average Bonchev–Trinajstić information content (AvgIpc) is 2.94. The molecular weight excluding hydrogens is 224 g/mol. The first-order valence-electron chi connectivity index (χ1n) is 6.13. The molecule has 88 valence electrons. The molecule has 3 atom stereocenters. The van der Waals surface area contributed by atoms with Crippen molar-refractivity contribution in [3.63, 3.8) is 0 Å². The second kappa shape index (κ2) is 3.68. The summed E-state index contributed by atoms with van der Waals surface area (Å²) in [5, 5.41) is 18.9. The molecule has 0 aromatic heterocycles. The van der Waals surface area contributed by atoms with Gasteiger partial charge in [-0.2, -0.15) is 10.5 Å². The third kappa shape index (κ3) is 1.19. The topological polar surface area (TPSA) is 64.7 Å². The van der Waals surface area contributed by atoms with Gasteiger partial charge < -0.3 is 0 Å². The van der Waals surface area contributed by atoms with Gasteiger partial charge in [-0.05, 0) is 17.9 Å². The molecule has 0 aliphatic heterocycles. The third-order valence-corrected chi connectivity index (χ3v) is 4.47. The molecule has 2 fully saturated rings. The predicted molar refractivity (Wildman–Crippen MR) is 64.1 cm³/mol. The second-order valence-electron chi connectivity index (χ2n) is 5.19. The quantitative estimate of drug-likeness (QED) is 0.752. The zero-order valence-electron chi connectivity index (χ0n) is 9.84. The van der Waals surface area contributed by atoms with Gasteiger partial charge in [0.2, 0.25) is 0 Å². The van der Waals surface area contributed by atoms with E-state index in [-0.39, 0.29) is 23.5 Å². The van der Waals surface area contributed by atoms with E-state index in [0.29, 0.717) is 12.8 Å². The van der Waals surface area contributed by atoms with Gasteiger partial charge in [0.05, 0.1) is 12.1 Å². The van der Waals surface area contributed by atoms with E-state index in [9.17, 15) is 15.3 Å². The number of carbonyl (C=O) groups excluding carboxylic acids is 1. The Labute approximate surface area is 106 Å². The minimum Gasteiger partial charge on any atom is -0.299 e. The van der Waals surface area contributed by atoms with E-state index in [1.54, 1.807) is 0 Å². The molecule has 3 unspecified atom stereocenters. The highest BCUT2D eigenvalue weighted by atomic mass is 16.1. The van der Waals surface area contributed by atoms with Gasteiger partial charge in [-0.3, -0.25) is 4.79 Å². The number of nitrogens with zero attached hydrogens (tertiary/aromatic N) is 2. The first-order chi connectivity index (χ1) is 8.73. The van der Waals surface area contributed by atoms with Gasteiger partial charge in [0.25, 0.3) is 0 Å². The Morgan fingerprint density at radius 3 is 2.44 bits per heavy atom. The number of ketones is 1. The molecule has 0 saturated heterocycles. The van der Waals surface area contributed by atoms with Gasteiger partial charge >= 0.3 is 0 Å². The molecule has 0 radical (unpaired) electrons. The summed E-state index contributed by atoms with van der Waals surface area (Å²) in [6.45, 7) is 0. The molecule has 0 heterocycles. The minimum absolute atomic E-state index is 0.0878. The Hall–Kier alpha value is -2.13. The molecule has 0 spiro atoms. The van der Waals surface area contributed by atoms with Crippen LogP contribution in [-0.2, 0) is 4.79 Å². The standard InChI is InChI=1S/C15H12N2O/c16-8-15(9-17)11-6-12(13(18)7-11)14(15)10-4-2-1-3-5-10/h1-5,11-12,14H,6-7H2. The van der Waals surface area contributed by atoms with Crippen LogP contribution in [0.5, 0.6) is 0 Å². The van der Waals surface area contributed by atoms with Crippen LogP contribution in [0.15, 0.2) is 30.3 Å². The van der Waals surface area contributed by atoms with Crippen LogP contribution in [0.1, 0.15) is 24.3 Å². The number of Topliss-reactive ketones (excluding diaryl/α,β-unsaturated/α-hetero) is 1. The van der Waals surface area contributed by atoms with Crippen LogP contribution in [-0.4, -0.2) is 5.78 Å². The van der Waals surface area contributed by atoms with Crippen molar-refractivity contribution in [3.05, 3.63) is 35.9 Å². The summed E-state index contributed by atoms with van der Waals surface area (Å²) < 4.78 is 0. The number of rotatable bonds is 1. The number of nitriles is 2. The molecule has 2 aliphatic carbocycles. The van der Waals surface area contributed by atoms with Crippen LogP contribution in [0.4, 0.5) is 0 Å². The van der Waals surface area contributed by atoms with Crippen LogP contribution < -0.4 is 0 Å². The molecule has 3 nitrogen and oxygen atoms in total. The Kier molecular flexibility index (Phi) is 2.25. The Morgan fingerprint density at radius 1 is 1.17 bits per heavy atom. The number of benzene rings is 1. The first kappa shape index (κ1) is 11.0. The number of hydrogen-bond donors (Lipinski definition) is 0. The lowest BCUT2D eigenvalue weighted by atomic mass is 9.65. The van der Waals surface area contributed by atoms with Crippen LogP contribution in [0.25, 0.3) is 0 Å². The molecule has 3 heteroatoms. The van der Waals surface area contributed by atoms with Crippen molar-refractivity contribution in [3.8, 4) is 12.1 Å². The minimum atomic E-state index is -1.01. The molecule has 18 heavy (non-hydrogen) atoms. The van der Waals surface area contributed by atoms with Gasteiger partial charge in [0, 0.05) is 18.3 Å². The number of fused-ring (bicyclic) bond motifs is 2. The van der Waals surface area contributed by atoms with Crippen molar-refractivity contribution in [1.82, 2.24) is 0 Å². The summed E-state index contributed by atoms with van der Waals surface area (Å²) >= 11 is 0. The lowest BCUT2D eigenvalue weighted by Crippen LogP contribution is -2.35. The fraction of sp³-hybridized carbons (Fsp3) is 0.400. The largest absolute Gasteiger partial charge is 0.299 e. The van der Waals surface area contributed by atoms with Crippen LogP contribution in [0.3, 0.4) is 0 Å². The summed E-state index contributed by atoms with van der Waals surface area (Å²) in [7, 11) is 0. The molecule has 2 saturated carbocycles. The Bertz CT molecular complexity index is 565. The zero-order chi connectivity index (χ0) is 12.8. The maximum atomic E-state index is 11.9. The van der Waals surface area contributed by atoms with E-state index in [4.69, 9.17) is 0 Å². The van der Waals surface area contributed by atoms with Crippen molar-refractivity contribution >= 4 is 5.78 Å². The summed E-state index contributed by atoms with van der Waals surface area (Å²) in [5.74, 6) is -0.262. The average molecular weight is 236 g/mol. The summed E-state index contributed by atoms with van der Waals surface area (Å²) in [6, 6.07) is 14.0. The maximum absolute atomic E-state index is 11.9. The van der Waals surface area contributed by atoms with Crippen LogP contribution in [0.2, 0.25) is 0 Å². The number of carbonyl (C=O) groups is 1. The number of hydrogen-bond acceptors (Lipinski definition) is 3. The van der Waals surface area contributed by atoms with Crippen molar-refractivity contribution in [1.29, 1.82) is 10.5 Å². The molecule has 2 bridgehead atoms. The van der Waals surface area contributed by atoms with Gasteiger partial charge in [0.15, 0.2) is 5.41 Å². The van der Waals surface area contributed by atoms with E-state index < -0.39 is 5.41 Å². The van der Waals surface area contributed by atoms with E-state index in [1.807, 2.05) is 30.3 Å². The molecule has 3 rings (SSSR count). The molecule has 2 aliphatic rings. The smallest absolute Gasteiger partial charge is 0.154 e. The molecular formula is C15H12N2O. The normalized spacial score (nSPS) is 31.9. The van der Waals surface area contributed by atoms with E-state index in [0.717, 1.165) is 5.56 Å². The van der Waals surface area contributed by atoms with Crippen molar-refractivity contribution in [2.75, 3.05) is 0 Å². The highest BCUT2D eigenvalue weighted by molar-refractivity contribution is 5.87. The SMILES string of the molecule is N#CC1(C#N)C2CC(=O)C(C2)C1c1ccccc1. The molecule has 1 aromatic carbocycles. The lowest BCUT2D eigenvalue weighted by molar-refractivity contribution is -0.123. The zero-order valence-corrected chi connectivity index (χ0v) is 9.84. The van der Waals surface area contributed by atoms with Gasteiger partial charge in [-0.25, -0.2) is 0 Å². The predicted octanol–water partition coefficient (Wildman–Crippen LogP) is 2.41. The monoisotopic (exact) mass is 236 g/mol. The lowest BCUT2D eigenvalue weighted by Gasteiger charge is -2.32. The Morgan fingerprint density at radius 2 is 1.83 bits per heavy atom. The van der Waals surface area contributed by atoms with Crippen molar-refractivity contribution < 1.29 is 4.79 Å². The van der Waals surface area contributed by atoms with Crippen molar-refractivity contribution in [2.45, 2.75) is 18.8 Å².